The van der Waals surface area contributed by atoms with Crippen molar-refractivity contribution in [2.45, 2.75) is 89.8 Å². The minimum atomic E-state index is -0.275. The van der Waals surface area contributed by atoms with Crippen LogP contribution in [-0.2, 0) is 14.4 Å². The van der Waals surface area contributed by atoms with E-state index in [4.69, 9.17) is 0 Å². The standard InChI is InChI=1S/C24H40N4O3/c1-16(2)25-21(30)14-27(4)20-5-7-28(8-6-20)22(31)23-10-18-9-19(11-23)13-24(12-18,15-23)26-17(3)29/h16,18-20H,5-15H2,1-4H3,(H,25,30)(H,26,29). The summed E-state index contributed by atoms with van der Waals surface area (Å²) >= 11 is 0. The molecule has 31 heavy (non-hydrogen) atoms. The molecule has 3 amide bonds. The summed E-state index contributed by atoms with van der Waals surface area (Å²) in [5.41, 5.74) is -0.434. The third-order valence-corrected chi connectivity index (χ3v) is 8.17. The third kappa shape index (κ3) is 4.62. The molecule has 0 aromatic rings. The number of hydrogen-bond acceptors (Lipinski definition) is 4. The molecule has 0 aromatic heterocycles. The van der Waals surface area contributed by atoms with E-state index in [1.165, 1.54) is 6.42 Å². The van der Waals surface area contributed by atoms with E-state index in [9.17, 15) is 14.4 Å². The van der Waals surface area contributed by atoms with Crippen LogP contribution in [0.15, 0.2) is 0 Å². The highest BCUT2D eigenvalue weighted by Gasteiger charge is 2.61. The van der Waals surface area contributed by atoms with E-state index in [1.54, 1.807) is 6.92 Å². The van der Waals surface area contributed by atoms with Crippen molar-refractivity contribution >= 4 is 17.7 Å². The number of likely N-dealkylation sites (N-methyl/N-ethyl adjacent to an activating group) is 1. The van der Waals surface area contributed by atoms with Gasteiger partial charge in [-0.05, 0) is 84.1 Å². The van der Waals surface area contributed by atoms with Crippen molar-refractivity contribution in [3.63, 3.8) is 0 Å². The van der Waals surface area contributed by atoms with Gasteiger partial charge in [-0.15, -0.1) is 0 Å². The molecule has 4 aliphatic carbocycles. The zero-order valence-electron chi connectivity index (χ0n) is 19.7. The van der Waals surface area contributed by atoms with E-state index in [2.05, 4.69) is 20.4 Å². The topological polar surface area (TPSA) is 81.8 Å². The highest BCUT2D eigenvalue weighted by Crippen LogP contribution is 2.62. The lowest BCUT2D eigenvalue weighted by atomic mass is 9.46. The molecule has 2 unspecified atom stereocenters. The Labute approximate surface area is 186 Å². The van der Waals surface area contributed by atoms with Gasteiger partial charge in [0.2, 0.25) is 17.7 Å². The number of amides is 3. The number of nitrogens with one attached hydrogen (secondary N) is 2. The lowest BCUT2D eigenvalue weighted by molar-refractivity contribution is -0.164. The summed E-state index contributed by atoms with van der Waals surface area (Å²) in [7, 11) is 2.01. The molecule has 5 rings (SSSR count). The highest BCUT2D eigenvalue weighted by atomic mass is 16.2. The van der Waals surface area contributed by atoms with Gasteiger partial charge in [0.05, 0.1) is 12.0 Å². The van der Waals surface area contributed by atoms with Crippen LogP contribution in [0, 0.1) is 17.3 Å². The van der Waals surface area contributed by atoms with Crippen molar-refractivity contribution in [1.29, 1.82) is 0 Å². The molecule has 174 valence electrons. The number of carbonyl (C=O) groups is 3. The Morgan fingerprint density at radius 2 is 1.68 bits per heavy atom. The Morgan fingerprint density at radius 3 is 2.23 bits per heavy atom. The molecule has 5 fully saturated rings. The highest BCUT2D eigenvalue weighted by molar-refractivity contribution is 5.84. The number of hydrogen-bond donors (Lipinski definition) is 2. The zero-order valence-corrected chi connectivity index (χ0v) is 19.7. The van der Waals surface area contributed by atoms with E-state index in [0.717, 1.165) is 58.0 Å². The number of piperidine rings is 1. The van der Waals surface area contributed by atoms with Crippen molar-refractivity contribution in [2.75, 3.05) is 26.7 Å². The van der Waals surface area contributed by atoms with Crippen molar-refractivity contribution in [3.8, 4) is 0 Å². The van der Waals surface area contributed by atoms with Crippen molar-refractivity contribution < 1.29 is 14.4 Å². The fourth-order valence-electron chi connectivity index (χ4n) is 7.60. The number of likely N-dealkylation sites (tertiary alicyclic amines) is 1. The van der Waals surface area contributed by atoms with Gasteiger partial charge >= 0.3 is 0 Å². The van der Waals surface area contributed by atoms with Crippen LogP contribution in [0.1, 0.15) is 72.1 Å². The third-order valence-electron chi connectivity index (χ3n) is 8.17. The fraction of sp³-hybridized carbons (Fsp3) is 0.875. The van der Waals surface area contributed by atoms with Gasteiger partial charge in [0.25, 0.3) is 0 Å². The molecule has 1 aliphatic heterocycles. The summed E-state index contributed by atoms with van der Waals surface area (Å²) < 4.78 is 0. The van der Waals surface area contributed by atoms with E-state index in [1.807, 2.05) is 20.9 Å². The van der Waals surface area contributed by atoms with Crippen molar-refractivity contribution in [2.24, 2.45) is 17.3 Å². The molecule has 2 N–H and O–H groups in total. The summed E-state index contributed by atoms with van der Waals surface area (Å²) in [6.07, 6.45) is 7.96. The Kier molecular flexibility index (Phi) is 6.10. The number of rotatable bonds is 6. The second-order valence-electron chi connectivity index (χ2n) is 11.4. The first-order valence-electron chi connectivity index (χ1n) is 12.2. The largest absolute Gasteiger partial charge is 0.353 e. The van der Waals surface area contributed by atoms with Gasteiger partial charge in [0.15, 0.2) is 0 Å². The maximum atomic E-state index is 13.8. The van der Waals surface area contributed by atoms with Crippen LogP contribution >= 0.6 is 0 Å². The van der Waals surface area contributed by atoms with E-state index >= 15 is 0 Å². The van der Waals surface area contributed by atoms with Crippen LogP contribution in [0.2, 0.25) is 0 Å². The maximum Gasteiger partial charge on any atom is 0.234 e. The van der Waals surface area contributed by atoms with Gasteiger partial charge < -0.3 is 15.5 Å². The SMILES string of the molecule is CC(=O)NC12CC3CC(C1)CC(C(=O)N1CCC(N(C)CC(=O)NC(C)C)CC1)(C3)C2. The predicted octanol–water partition coefficient (Wildman–Crippen LogP) is 1.91. The fourth-order valence-corrected chi connectivity index (χ4v) is 7.60. The average molecular weight is 433 g/mol. The molecule has 4 bridgehead atoms. The first-order valence-corrected chi connectivity index (χ1v) is 12.2. The van der Waals surface area contributed by atoms with Crippen LogP contribution in [-0.4, -0.2) is 71.8 Å². The summed E-state index contributed by atoms with van der Waals surface area (Å²) in [6, 6.07) is 0.491. The Balaban J connectivity index is 1.37. The Bertz CT molecular complexity index is 714. The van der Waals surface area contributed by atoms with Crippen molar-refractivity contribution in [3.05, 3.63) is 0 Å². The molecule has 1 saturated heterocycles. The average Bonchev–Trinajstić information content (AvgIpc) is 2.64. The maximum absolute atomic E-state index is 13.8. The van der Waals surface area contributed by atoms with E-state index < -0.39 is 0 Å². The van der Waals surface area contributed by atoms with Crippen LogP contribution < -0.4 is 10.6 Å². The number of carbonyl (C=O) groups excluding carboxylic acids is 3. The van der Waals surface area contributed by atoms with Gasteiger partial charge in [-0.2, -0.15) is 0 Å². The molecule has 2 atom stereocenters. The summed E-state index contributed by atoms with van der Waals surface area (Å²) in [5.74, 6) is 1.57. The first kappa shape index (κ1) is 22.6. The molecule has 4 saturated carbocycles. The van der Waals surface area contributed by atoms with Gasteiger partial charge in [0.1, 0.15) is 0 Å². The summed E-state index contributed by atoms with van der Waals surface area (Å²) in [6.45, 7) is 7.50. The van der Waals surface area contributed by atoms with Gasteiger partial charge in [-0.1, -0.05) is 0 Å². The normalized spacial score (nSPS) is 35.0. The second kappa shape index (κ2) is 8.38. The number of nitrogens with zero attached hydrogens (tertiary/aromatic N) is 2. The molecule has 7 heteroatoms. The van der Waals surface area contributed by atoms with Crippen molar-refractivity contribution in [1.82, 2.24) is 20.4 Å². The molecule has 7 nitrogen and oxygen atoms in total. The molecule has 0 aromatic carbocycles. The predicted molar refractivity (Wildman–Crippen MR) is 119 cm³/mol. The minimum Gasteiger partial charge on any atom is -0.353 e. The first-order chi connectivity index (χ1) is 14.6. The molecule has 0 spiro atoms. The summed E-state index contributed by atoms with van der Waals surface area (Å²) in [4.78, 5) is 42.0. The lowest BCUT2D eigenvalue weighted by Gasteiger charge is -2.62. The zero-order chi connectivity index (χ0) is 22.4. The minimum absolute atomic E-state index is 0.0369. The Morgan fingerprint density at radius 1 is 1.06 bits per heavy atom. The van der Waals surface area contributed by atoms with Gasteiger partial charge in [0, 0.05) is 37.6 Å². The quantitative estimate of drug-likeness (QED) is 0.672. The molecule has 5 aliphatic rings. The lowest BCUT2D eigenvalue weighted by Crippen LogP contribution is -2.66. The van der Waals surface area contributed by atoms with Crippen LogP contribution in [0.4, 0.5) is 0 Å². The van der Waals surface area contributed by atoms with Crippen LogP contribution in [0.5, 0.6) is 0 Å². The van der Waals surface area contributed by atoms with Crippen LogP contribution in [0.3, 0.4) is 0 Å². The monoisotopic (exact) mass is 432 g/mol. The smallest absolute Gasteiger partial charge is 0.234 e. The second-order valence-corrected chi connectivity index (χ2v) is 11.4. The molecule has 0 radical (unpaired) electrons. The van der Waals surface area contributed by atoms with Gasteiger partial charge in [-0.3, -0.25) is 19.3 Å². The summed E-state index contributed by atoms with van der Waals surface area (Å²) in [5, 5.41) is 6.23. The van der Waals surface area contributed by atoms with Crippen LogP contribution in [0.25, 0.3) is 0 Å². The molecule has 1 heterocycles. The van der Waals surface area contributed by atoms with E-state index in [-0.39, 0.29) is 28.8 Å². The van der Waals surface area contributed by atoms with Gasteiger partial charge in [-0.25, -0.2) is 0 Å². The molecular formula is C24H40N4O3. The molecular weight excluding hydrogens is 392 g/mol. The Hall–Kier alpha value is -1.63. The van der Waals surface area contributed by atoms with E-state index in [0.29, 0.717) is 30.3 Å².